The third-order valence-electron chi connectivity index (χ3n) is 4.08. The molecule has 3 aromatic carbocycles. The number of carbonyl (C=O) groups excluding carboxylic acids is 1. The van der Waals surface area contributed by atoms with Crippen molar-refractivity contribution in [2.24, 2.45) is 0 Å². The van der Waals surface area contributed by atoms with Gasteiger partial charge in [-0.15, -0.1) is 11.3 Å². The van der Waals surface area contributed by atoms with Crippen molar-refractivity contribution in [2.45, 2.75) is 10.1 Å². The molecule has 4 rings (SSSR count). The number of rotatable bonds is 5. The van der Waals surface area contributed by atoms with E-state index < -0.39 is 0 Å². The largest absolute Gasteiger partial charge is 0.322 e. The monoisotopic (exact) mass is 462 g/mol. The molecule has 0 bridgehead atoms. The molecule has 0 atom stereocenters. The Morgan fingerprint density at radius 3 is 2.59 bits per heavy atom. The minimum absolute atomic E-state index is 0.289. The fourth-order valence-electron chi connectivity index (χ4n) is 2.62. The van der Waals surface area contributed by atoms with Gasteiger partial charge in [-0.2, -0.15) is 0 Å². The van der Waals surface area contributed by atoms with Crippen molar-refractivity contribution in [1.29, 1.82) is 0 Å². The average Bonchev–Trinajstić information content (AvgIpc) is 3.11. The zero-order chi connectivity index (χ0) is 20.4. The van der Waals surface area contributed by atoms with E-state index >= 15 is 0 Å². The number of thiazole rings is 1. The van der Waals surface area contributed by atoms with E-state index in [1.54, 1.807) is 35.2 Å². The molecule has 1 amide bonds. The van der Waals surface area contributed by atoms with Crippen LogP contribution in [0, 0.1) is 5.82 Å². The molecule has 1 heterocycles. The van der Waals surface area contributed by atoms with Gasteiger partial charge in [-0.05, 0) is 60.2 Å². The first-order valence-corrected chi connectivity index (χ1v) is 11.1. The van der Waals surface area contributed by atoms with Crippen LogP contribution in [0.15, 0.2) is 65.0 Å². The molecule has 29 heavy (non-hydrogen) atoms. The number of hydrogen-bond acceptors (Lipinski definition) is 4. The molecular formula is C21H13Cl2FN2OS2. The summed E-state index contributed by atoms with van der Waals surface area (Å²) in [6, 6.07) is 16.6. The lowest BCUT2D eigenvalue weighted by atomic mass is 10.2. The summed E-state index contributed by atoms with van der Waals surface area (Å²) in [5, 5.41) is 3.91. The highest BCUT2D eigenvalue weighted by molar-refractivity contribution is 8.00. The van der Waals surface area contributed by atoms with Crippen LogP contribution < -0.4 is 5.32 Å². The van der Waals surface area contributed by atoms with E-state index in [1.165, 1.54) is 24.3 Å². The van der Waals surface area contributed by atoms with Crippen LogP contribution in [0.4, 0.5) is 10.1 Å². The summed E-state index contributed by atoms with van der Waals surface area (Å²) in [6.45, 7) is 0. The molecule has 0 saturated heterocycles. The predicted octanol–water partition coefficient (Wildman–Crippen LogP) is 7.29. The van der Waals surface area contributed by atoms with Crippen LogP contribution in [-0.2, 0) is 5.75 Å². The number of aromatic nitrogens is 1. The van der Waals surface area contributed by atoms with Crippen molar-refractivity contribution in [2.75, 3.05) is 5.32 Å². The second kappa shape index (κ2) is 8.71. The minimum Gasteiger partial charge on any atom is -0.322 e. The first-order chi connectivity index (χ1) is 14.0. The Kier molecular flexibility index (Phi) is 6.06. The van der Waals surface area contributed by atoms with Crippen LogP contribution in [0.3, 0.4) is 0 Å². The van der Waals surface area contributed by atoms with Crippen LogP contribution in [0.1, 0.15) is 15.9 Å². The highest BCUT2D eigenvalue weighted by Gasteiger charge is 2.10. The van der Waals surface area contributed by atoms with Gasteiger partial charge in [0.1, 0.15) is 5.82 Å². The molecule has 0 unspecified atom stereocenters. The van der Waals surface area contributed by atoms with Gasteiger partial charge in [-0.1, -0.05) is 41.0 Å². The second-order valence-electron chi connectivity index (χ2n) is 6.16. The maximum atomic E-state index is 13.0. The number of fused-ring (bicyclic) bond motifs is 1. The number of hydrogen-bond donors (Lipinski definition) is 1. The number of halogens is 3. The number of nitrogens with one attached hydrogen (secondary N) is 1. The molecule has 8 heteroatoms. The van der Waals surface area contributed by atoms with Crippen LogP contribution >= 0.6 is 46.3 Å². The topological polar surface area (TPSA) is 42.0 Å². The molecule has 0 aliphatic heterocycles. The number of carbonyl (C=O) groups is 1. The lowest BCUT2D eigenvalue weighted by Crippen LogP contribution is -2.11. The van der Waals surface area contributed by atoms with Crippen molar-refractivity contribution >= 4 is 68.1 Å². The van der Waals surface area contributed by atoms with Crippen molar-refractivity contribution in [1.82, 2.24) is 4.98 Å². The zero-order valence-electron chi connectivity index (χ0n) is 14.8. The smallest absolute Gasteiger partial charge is 0.255 e. The van der Waals surface area contributed by atoms with E-state index in [0.717, 1.165) is 25.9 Å². The second-order valence-corrected chi connectivity index (χ2v) is 9.23. The maximum absolute atomic E-state index is 13.0. The summed E-state index contributed by atoms with van der Waals surface area (Å²) in [5.41, 5.74) is 2.99. The Hall–Kier alpha value is -2.12. The first-order valence-electron chi connectivity index (χ1n) is 8.52. The summed E-state index contributed by atoms with van der Waals surface area (Å²) in [7, 11) is 0. The van der Waals surface area contributed by atoms with Crippen molar-refractivity contribution < 1.29 is 9.18 Å². The van der Waals surface area contributed by atoms with Crippen LogP contribution in [0.5, 0.6) is 0 Å². The number of amides is 1. The van der Waals surface area contributed by atoms with E-state index in [0.29, 0.717) is 21.3 Å². The summed E-state index contributed by atoms with van der Waals surface area (Å²) >= 11 is 15.2. The molecule has 4 aromatic rings. The molecule has 1 N–H and O–H groups in total. The van der Waals surface area contributed by atoms with Gasteiger partial charge in [0.05, 0.1) is 20.3 Å². The van der Waals surface area contributed by atoms with Gasteiger partial charge in [0, 0.05) is 17.0 Å². The van der Waals surface area contributed by atoms with Gasteiger partial charge < -0.3 is 5.32 Å². The number of thioether (sulfide) groups is 1. The lowest BCUT2D eigenvalue weighted by molar-refractivity contribution is 0.102. The van der Waals surface area contributed by atoms with Gasteiger partial charge in [-0.3, -0.25) is 4.79 Å². The zero-order valence-corrected chi connectivity index (χ0v) is 17.9. The molecule has 3 nitrogen and oxygen atoms in total. The molecule has 0 aliphatic carbocycles. The third kappa shape index (κ3) is 4.90. The molecule has 1 aromatic heterocycles. The molecule has 0 fully saturated rings. The van der Waals surface area contributed by atoms with E-state index in [1.807, 2.05) is 24.3 Å². The van der Waals surface area contributed by atoms with Crippen LogP contribution in [-0.4, -0.2) is 10.9 Å². The quantitative estimate of drug-likeness (QED) is 0.316. The van der Waals surface area contributed by atoms with Crippen LogP contribution in [0.25, 0.3) is 10.2 Å². The molecule has 0 aliphatic rings. The van der Waals surface area contributed by atoms with Gasteiger partial charge in [-0.25, -0.2) is 9.37 Å². The Bertz CT molecular complexity index is 1200. The van der Waals surface area contributed by atoms with Crippen molar-refractivity contribution in [3.63, 3.8) is 0 Å². The minimum atomic E-state index is -0.376. The fourth-order valence-corrected chi connectivity index (χ4v) is 4.99. The van der Waals surface area contributed by atoms with Crippen LogP contribution in [0.2, 0.25) is 10.0 Å². The molecule has 0 saturated carbocycles. The van der Waals surface area contributed by atoms with E-state index in [4.69, 9.17) is 23.2 Å². The Morgan fingerprint density at radius 2 is 1.83 bits per heavy atom. The molecule has 0 spiro atoms. The number of nitrogens with zero attached hydrogens (tertiary/aromatic N) is 1. The molecule has 0 radical (unpaired) electrons. The van der Waals surface area contributed by atoms with Gasteiger partial charge in [0.2, 0.25) is 0 Å². The highest BCUT2D eigenvalue weighted by atomic mass is 35.5. The Balaban J connectivity index is 1.46. The van der Waals surface area contributed by atoms with Crippen molar-refractivity contribution in [3.05, 3.63) is 87.7 Å². The highest BCUT2D eigenvalue weighted by Crippen LogP contribution is 2.34. The van der Waals surface area contributed by atoms with Gasteiger partial charge in [0.25, 0.3) is 5.91 Å². The average molecular weight is 463 g/mol. The van der Waals surface area contributed by atoms with E-state index in [-0.39, 0.29) is 11.7 Å². The summed E-state index contributed by atoms with van der Waals surface area (Å²) in [5.74, 6) is 0.0619. The fraction of sp³-hybridized carbons (Fsp3) is 0.0476. The summed E-state index contributed by atoms with van der Waals surface area (Å²) in [6.07, 6.45) is 0. The standard InChI is InChI=1S/C21H13Cl2FN2OS2/c22-16-7-1-12(9-17(16)23)11-28-21-26-18-8-6-15(10-19(18)29-21)25-20(27)13-2-4-14(24)5-3-13/h1-10H,11H2,(H,25,27). The maximum Gasteiger partial charge on any atom is 0.255 e. The number of anilines is 1. The third-order valence-corrected chi connectivity index (χ3v) is 7.05. The predicted molar refractivity (Wildman–Crippen MR) is 120 cm³/mol. The summed E-state index contributed by atoms with van der Waals surface area (Å²) in [4.78, 5) is 16.9. The Morgan fingerprint density at radius 1 is 1.03 bits per heavy atom. The lowest BCUT2D eigenvalue weighted by Gasteiger charge is -2.05. The Labute approximate surface area is 184 Å². The molecular weight excluding hydrogens is 450 g/mol. The van der Waals surface area contributed by atoms with E-state index in [2.05, 4.69) is 10.3 Å². The van der Waals surface area contributed by atoms with Gasteiger partial charge in [0.15, 0.2) is 4.34 Å². The summed E-state index contributed by atoms with van der Waals surface area (Å²) < 4.78 is 14.9. The van der Waals surface area contributed by atoms with E-state index in [9.17, 15) is 9.18 Å². The number of benzene rings is 3. The SMILES string of the molecule is O=C(Nc1ccc2nc(SCc3ccc(Cl)c(Cl)c3)sc2c1)c1ccc(F)cc1. The first kappa shape index (κ1) is 20.2. The normalized spacial score (nSPS) is 11.0. The van der Waals surface area contributed by atoms with Crippen molar-refractivity contribution in [3.8, 4) is 0 Å². The van der Waals surface area contributed by atoms with Gasteiger partial charge >= 0.3 is 0 Å². The molecule has 146 valence electrons.